The van der Waals surface area contributed by atoms with Crippen LogP contribution in [0, 0.1) is 13.8 Å². The van der Waals surface area contributed by atoms with Gasteiger partial charge in [-0.1, -0.05) is 65.7 Å². The zero-order valence-electron chi connectivity index (χ0n) is 22.0. The Balaban J connectivity index is 1.41. The van der Waals surface area contributed by atoms with E-state index in [4.69, 9.17) is 11.6 Å². The summed E-state index contributed by atoms with van der Waals surface area (Å²) in [5.41, 5.74) is 4.55. The zero-order chi connectivity index (χ0) is 28.5. The van der Waals surface area contributed by atoms with Gasteiger partial charge in [0, 0.05) is 26.9 Å². The first-order chi connectivity index (χ1) is 19.3. The highest BCUT2D eigenvalue weighted by Gasteiger charge is 2.15. The van der Waals surface area contributed by atoms with Crippen molar-refractivity contribution in [2.24, 2.45) is 0 Å². The first kappa shape index (κ1) is 28.7. The average Bonchev–Trinajstić information content (AvgIpc) is 2.94. The highest BCUT2D eigenvalue weighted by molar-refractivity contribution is 8.00. The molecule has 4 rings (SSSR count). The second-order valence-electron chi connectivity index (χ2n) is 9.07. The molecule has 8 heteroatoms. The molecule has 0 unspecified atom stereocenters. The number of hydrogen-bond acceptors (Lipinski definition) is 4. The minimum atomic E-state index is -0.456. The molecule has 0 atom stereocenters. The summed E-state index contributed by atoms with van der Waals surface area (Å²) in [6.45, 7) is 3.86. The van der Waals surface area contributed by atoms with Gasteiger partial charge in [0.15, 0.2) is 0 Å². The van der Waals surface area contributed by atoms with Gasteiger partial charge in [0.2, 0.25) is 5.91 Å². The van der Waals surface area contributed by atoms with Crippen LogP contribution in [0.25, 0.3) is 6.08 Å². The maximum atomic E-state index is 13.2. The zero-order valence-corrected chi connectivity index (χ0v) is 23.6. The van der Waals surface area contributed by atoms with E-state index < -0.39 is 5.91 Å². The topological polar surface area (TPSA) is 87.3 Å². The molecular weight excluding hydrogens is 542 g/mol. The monoisotopic (exact) mass is 569 g/mol. The van der Waals surface area contributed by atoms with Crippen LogP contribution in [0.1, 0.15) is 27.0 Å². The highest BCUT2D eigenvalue weighted by Crippen LogP contribution is 2.23. The molecule has 202 valence electrons. The van der Waals surface area contributed by atoms with Gasteiger partial charge in [0.05, 0.1) is 5.75 Å². The predicted molar refractivity (Wildman–Crippen MR) is 164 cm³/mol. The van der Waals surface area contributed by atoms with Gasteiger partial charge in [-0.25, -0.2) is 0 Å². The molecule has 0 radical (unpaired) electrons. The molecule has 40 heavy (non-hydrogen) atoms. The van der Waals surface area contributed by atoms with Gasteiger partial charge in [-0.15, -0.1) is 11.8 Å². The van der Waals surface area contributed by atoms with Crippen molar-refractivity contribution in [1.82, 2.24) is 5.32 Å². The molecule has 0 aliphatic heterocycles. The molecule has 4 aromatic carbocycles. The van der Waals surface area contributed by atoms with Crippen molar-refractivity contribution in [3.8, 4) is 0 Å². The smallest absolute Gasteiger partial charge is 0.272 e. The van der Waals surface area contributed by atoms with Gasteiger partial charge < -0.3 is 16.0 Å². The van der Waals surface area contributed by atoms with E-state index >= 15 is 0 Å². The third-order valence-electron chi connectivity index (χ3n) is 5.84. The lowest BCUT2D eigenvalue weighted by Crippen LogP contribution is -2.30. The summed E-state index contributed by atoms with van der Waals surface area (Å²) in [7, 11) is 0. The molecule has 6 nitrogen and oxygen atoms in total. The van der Waals surface area contributed by atoms with E-state index in [0.29, 0.717) is 22.0 Å². The number of halogens is 1. The van der Waals surface area contributed by atoms with E-state index in [9.17, 15) is 14.4 Å². The molecule has 0 aromatic heterocycles. The third-order valence-corrected chi connectivity index (χ3v) is 7.08. The number of benzene rings is 4. The SMILES string of the molecule is Cc1cccc(/C=C(\NC(=O)c2ccccc2)C(=O)Nc2ccc(SCC(=O)Nc3cc(Cl)ccc3C)cc2)c1. The molecule has 0 heterocycles. The second-order valence-corrected chi connectivity index (χ2v) is 10.6. The normalized spacial score (nSPS) is 11.0. The number of hydrogen-bond donors (Lipinski definition) is 3. The van der Waals surface area contributed by atoms with Crippen molar-refractivity contribution >= 4 is 58.5 Å². The summed E-state index contributed by atoms with van der Waals surface area (Å²) in [4.78, 5) is 39.3. The fraction of sp³-hybridized carbons (Fsp3) is 0.0938. The Morgan fingerprint density at radius 2 is 1.57 bits per heavy atom. The van der Waals surface area contributed by atoms with Gasteiger partial charge in [-0.2, -0.15) is 0 Å². The first-order valence-corrected chi connectivity index (χ1v) is 13.9. The average molecular weight is 570 g/mol. The van der Waals surface area contributed by atoms with Gasteiger partial charge in [-0.05, 0) is 79.6 Å². The molecule has 0 spiro atoms. The van der Waals surface area contributed by atoms with E-state index in [1.807, 2.05) is 62.4 Å². The van der Waals surface area contributed by atoms with Crippen LogP contribution in [0.3, 0.4) is 0 Å². The van der Waals surface area contributed by atoms with Gasteiger partial charge in [0.1, 0.15) is 5.70 Å². The van der Waals surface area contributed by atoms with Crippen molar-refractivity contribution in [1.29, 1.82) is 0 Å². The van der Waals surface area contributed by atoms with E-state index in [1.54, 1.807) is 54.6 Å². The largest absolute Gasteiger partial charge is 0.325 e. The van der Waals surface area contributed by atoms with Crippen molar-refractivity contribution in [2.45, 2.75) is 18.7 Å². The number of aryl methyl sites for hydroxylation is 2. The van der Waals surface area contributed by atoms with Crippen molar-refractivity contribution in [2.75, 3.05) is 16.4 Å². The number of rotatable bonds is 9. The number of anilines is 2. The van der Waals surface area contributed by atoms with Crippen LogP contribution in [0.5, 0.6) is 0 Å². The van der Waals surface area contributed by atoms with Crippen molar-refractivity contribution in [3.63, 3.8) is 0 Å². The number of nitrogens with one attached hydrogen (secondary N) is 3. The van der Waals surface area contributed by atoms with E-state index in [1.165, 1.54) is 11.8 Å². The lowest BCUT2D eigenvalue weighted by Gasteiger charge is -2.12. The van der Waals surface area contributed by atoms with Crippen LogP contribution < -0.4 is 16.0 Å². The van der Waals surface area contributed by atoms with Crippen LogP contribution in [-0.2, 0) is 9.59 Å². The molecule has 0 bridgehead atoms. The van der Waals surface area contributed by atoms with Crippen LogP contribution in [0.4, 0.5) is 11.4 Å². The highest BCUT2D eigenvalue weighted by atomic mass is 35.5. The van der Waals surface area contributed by atoms with E-state index in [0.717, 1.165) is 21.6 Å². The summed E-state index contributed by atoms with van der Waals surface area (Å²) in [5, 5.41) is 9.03. The Labute approximate surface area is 242 Å². The van der Waals surface area contributed by atoms with Gasteiger partial charge in [0.25, 0.3) is 11.8 Å². The molecule has 0 saturated heterocycles. The van der Waals surface area contributed by atoms with Crippen LogP contribution in [0.2, 0.25) is 5.02 Å². The summed E-state index contributed by atoms with van der Waals surface area (Å²) >= 11 is 7.41. The number of carbonyl (C=O) groups is 3. The predicted octanol–water partition coefficient (Wildman–Crippen LogP) is 7.10. The first-order valence-electron chi connectivity index (χ1n) is 12.5. The van der Waals surface area contributed by atoms with Crippen LogP contribution in [-0.4, -0.2) is 23.5 Å². The Hall–Kier alpha value is -4.33. The van der Waals surface area contributed by atoms with E-state index in [-0.39, 0.29) is 23.3 Å². The molecule has 4 aromatic rings. The second kappa shape index (κ2) is 13.6. The summed E-state index contributed by atoms with van der Waals surface area (Å²) < 4.78 is 0. The molecule has 0 fully saturated rings. The van der Waals surface area contributed by atoms with Crippen molar-refractivity contribution in [3.05, 3.63) is 130 Å². The Morgan fingerprint density at radius 1 is 0.825 bits per heavy atom. The molecule has 0 aliphatic rings. The van der Waals surface area contributed by atoms with Gasteiger partial charge >= 0.3 is 0 Å². The Kier molecular flexibility index (Phi) is 9.78. The summed E-state index contributed by atoms with van der Waals surface area (Å²) in [6, 6.07) is 28.9. The summed E-state index contributed by atoms with van der Waals surface area (Å²) in [5.74, 6) is -0.769. The lowest BCUT2D eigenvalue weighted by molar-refractivity contribution is -0.114. The molecule has 3 N–H and O–H groups in total. The van der Waals surface area contributed by atoms with E-state index in [2.05, 4.69) is 16.0 Å². The van der Waals surface area contributed by atoms with Crippen LogP contribution in [0.15, 0.2) is 108 Å². The number of carbonyl (C=O) groups excluding carboxylic acids is 3. The Bertz CT molecular complexity index is 1550. The summed E-state index contributed by atoms with van der Waals surface area (Å²) in [6.07, 6.45) is 1.65. The van der Waals surface area contributed by atoms with Crippen LogP contribution >= 0.6 is 23.4 Å². The van der Waals surface area contributed by atoms with Crippen molar-refractivity contribution < 1.29 is 14.4 Å². The minimum absolute atomic E-state index is 0.117. The number of amides is 3. The maximum Gasteiger partial charge on any atom is 0.272 e. The molecule has 3 amide bonds. The fourth-order valence-corrected chi connectivity index (χ4v) is 4.64. The lowest BCUT2D eigenvalue weighted by atomic mass is 10.1. The number of thioether (sulfide) groups is 1. The molecular formula is C32H28ClN3O3S. The van der Waals surface area contributed by atoms with Gasteiger partial charge in [-0.3, -0.25) is 14.4 Å². The fourth-order valence-electron chi connectivity index (χ4n) is 3.77. The maximum absolute atomic E-state index is 13.2. The molecule has 0 aliphatic carbocycles. The minimum Gasteiger partial charge on any atom is -0.325 e. The standard InChI is InChI=1S/C32H28ClN3O3S/c1-21-7-6-8-23(17-21)18-29(36-31(38)24-9-4-3-5-10-24)32(39)34-26-13-15-27(16-14-26)40-20-30(37)35-28-19-25(33)12-11-22(28)2/h3-19H,20H2,1-2H3,(H,34,39)(H,35,37)(H,36,38)/b29-18-. The Morgan fingerprint density at radius 3 is 2.30 bits per heavy atom. The molecule has 0 saturated carbocycles. The third kappa shape index (κ3) is 8.33. The quantitative estimate of drug-likeness (QED) is 0.148.